The Morgan fingerprint density at radius 1 is 0.904 bits per heavy atom. The highest BCUT2D eigenvalue weighted by Crippen LogP contribution is 2.42. The fraction of sp³-hybridized carbons (Fsp3) is 0.357. The number of carboxylic acid groups (broad SMARTS) is 1. The van der Waals surface area contributed by atoms with E-state index in [4.69, 9.17) is 9.72 Å². The Balaban J connectivity index is 0.773. The molecule has 3 aliphatic heterocycles. The van der Waals surface area contributed by atoms with Crippen molar-refractivity contribution in [2.24, 2.45) is 13.0 Å². The lowest BCUT2D eigenvalue weighted by Crippen LogP contribution is -2.39. The number of para-hydroxylation sites is 1. The van der Waals surface area contributed by atoms with Crippen LogP contribution in [0.1, 0.15) is 108 Å². The number of pyridine rings is 1. The predicted molar refractivity (Wildman–Crippen MR) is 283 cm³/mol. The number of anilines is 3. The highest BCUT2D eigenvalue weighted by Gasteiger charge is 2.33. The van der Waals surface area contributed by atoms with Crippen LogP contribution < -0.4 is 25.6 Å². The molecule has 73 heavy (non-hydrogen) atoms. The molecule has 16 nitrogen and oxygen atoms in total. The maximum atomic E-state index is 13.8. The lowest BCUT2D eigenvalue weighted by atomic mass is 9.80. The van der Waals surface area contributed by atoms with Crippen LogP contribution in [0.4, 0.5) is 16.6 Å². The van der Waals surface area contributed by atoms with Crippen LogP contribution in [0.15, 0.2) is 84.9 Å². The molecule has 10 rings (SSSR count). The highest BCUT2D eigenvalue weighted by molar-refractivity contribution is 7.22. The molecule has 3 aromatic heterocycles. The summed E-state index contributed by atoms with van der Waals surface area (Å²) < 4.78 is 9.17. The summed E-state index contributed by atoms with van der Waals surface area (Å²) in [5.74, 6) is -0.933. The number of hydrogen-bond donors (Lipinski definition) is 4. The molecule has 0 saturated carbocycles. The first-order valence-corrected chi connectivity index (χ1v) is 25.8. The highest BCUT2D eigenvalue weighted by atomic mass is 32.1. The number of aryl methyl sites for hydroxylation is 1. The maximum absolute atomic E-state index is 13.8. The minimum Gasteiger partial charge on any atom is -0.493 e. The Morgan fingerprint density at radius 3 is 2.47 bits per heavy atom. The zero-order chi connectivity index (χ0) is 51.1. The van der Waals surface area contributed by atoms with Gasteiger partial charge in [-0.1, -0.05) is 68.5 Å². The smallest absolute Gasteiger partial charge is 0.355 e. The van der Waals surface area contributed by atoms with Crippen LogP contribution in [0.25, 0.3) is 32.2 Å². The molecule has 0 aliphatic carbocycles. The molecule has 0 radical (unpaired) electrons. The third-order valence-corrected chi connectivity index (χ3v) is 15.5. The van der Waals surface area contributed by atoms with E-state index >= 15 is 0 Å². The summed E-state index contributed by atoms with van der Waals surface area (Å²) in [5, 5.41) is 25.3. The number of hydrogen-bond acceptors (Lipinski definition) is 12. The van der Waals surface area contributed by atoms with E-state index in [-0.39, 0.29) is 42.3 Å². The first-order chi connectivity index (χ1) is 35.1. The molecular weight excluding hydrogens is 943 g/mol. The van der Waals surface area contributed by atoms with Gasteiger partial charge in [0.25, 0.3) is 5.91 Å². The van der Waals surface area contributed by atoms with Crippen molar-refractivity contribution in [3.05, 3.63) is 124 Å². The SMILES string of the molecule is Cc1c(OCCC2CCN(CC(=O)Nc3ccc4c(C5CCC(=O)NC5=O)nn(C)c4c3)CC2)cccc1-c1c(C(C)(C)C)cc(N2CCc3cccc(C(=O)Nc4nc5ccccc5s4)c3C2)nc1C(=O)O. The Hall–Kier alpha value is -7.50. The summed E-state index contributed by atoms with van der Waals surface area (Å²) in [4.78, 5) is 78.3. The van der Waals surface area contributed by atoms with Gasteiger partial charge >= 0.3 is 5.97 Å². The van der Waals surface area contributed by atoms with E-state index in [2.05, 4.69) is 56.6 Å². The standard InChI is InChI=1S/C56H59N9O7S/c1-32-36(11-9-14-44(32)72-27-23-33-20-24-64(25-21-33)31-48(67)57-35-16-17-38-43(28-35)63(5)62-50(38)39-18-19-47(66)60-53(39)69)49-41(56(2,3)4)29-46(59-51(49)54(70)71)65-26-22-34-10-8-12-37(40(34)30-65)52(68)61-55-58-42-13-6-7-15-45(42)73-55/h6-17,28-29,33,39H,18-27,30-31H2,1-5H3,(H,57,67)(H,70,71)(H,58,61,68)(H,60,66,69). The summed E-state index contributed by atoms with van der Waals surface area (Å²) in [7, 11) is 1.80. The van der Waals surface area contributed by atoms with Crippen LogP contribution in [0, 0.1) is 12.8 Å². The average Bonchev–Trinajstić information content (AvgIpc) is 3.93. The number of piperidine rings is 2. The molecule has 2 fully saturated rings. The molecule has 0 spiro atoms. The Labute approximate surface area is 427 Å². The monoisotopic (exact) mass is 1000 g/mol. The van der Waals surface area contributed by atoms with E-state index in [0.29, 0.717) is 77.7 Å². The minimum absolute atomic E-state index is 0.0362. The number of aromatic nitrogens is 4. The average molecular weight is 1000 g/mol. The third kappa shape index (κ3) is 10.3. The molecule has 17 heteroatoms. The van der Waals surface area contributed by atoms with E-state index in [0.717, 1.165) is 81.3 Å². The second-order valence-corrected chi connectivity index (χ2v) is 21.5. The zero-order valence-electron chi connectivity index (χ0n) is 41.7. The van der Waals surface area contributed by atoms with Crippen molar-refractivity contribution in [3.8, 4) is 16.9 Å². The van der Waals surface area contributed by atoms with E-state index in [1.54, 1.807) is 11.7 Å². The van der Waals surface area contributed by atoms with Crippen molar-refractivity contribution in [1.29, 1.82) is 0 Å². The van der Waals surface area contributed by atoms with Crippen LogP contribution in [-0.4, -0.2) is 92.1 Å². The van der Waals surface area contributed by atoms with Gasteiger partial charge in [-0.2, -0.15) is 5.10 Å². The molecule has 6 heterocycles. The molecule has 4 aromatic carbocycles. The Morgan fingerprint density at radius 2 is 1.70 bits per heavy atom. The van der Waals surface area contributed by atoms with Gasteiger partial charge in [-0.05, 0) is 140 Å². The second-order valence-electron chi connectivity index (χ2n) is 20.4. The first kappa shape index (κ1) is 49.1. The van der Waals surface area contributed by atoms with Crippen molar-refractivity contribution in [2.75, 3.05) is 48.3 Å². The van der Waals surface area contributed by atoms with Gasteiger partial charge in [0, 0.05) is 48.8 Å². The Kier molecular flexibility index (Phi) is 13.6. The molecular formula is C56H59N9O7S. The largest absolute Gasteiger partial charge is 0.493 e. The van der Waals surface area contributed by atoms with Crippen molar-refractivity contribution in [3.63, 3.8) is 0 Å². The normalized spacial score (nSPS) is 16.6. The molecule has 2 saturated heterocycles. The summed E-state index contributed by atoms with van der Waals surface area (Å²) in [6.45, 7) is 11.5. The van der Waals surface area contributed by atoms with Crippen LogP contribution in [0.2, 0.25) is 0 Å². The van der Waals surface area contributed by atoms with Crippen LogP contribution in [0.3, 0.4) is 0 Å². The van der Waals surface area contributed by atoms with Crippen molar-refractivity contribution >= 4 is 78.7 Å². The van der Waals surface area contributed by atoms with Gasteiger partial charge in [-0.15, -0.1) is 0 Å². The van der Waals surface area contributed by atoms with Gasteiger partial charge in [0.15, 0.2) is 10.8 Å². The maximum Gasteiger partial charge on any atom is 0.355 e. The number of amides is 4. The third-order valence-electron chi connectivity index (χ3n) is 14.5. The Bertz CT molecular complexity index is 3300. The quantitative estimate of drug-likeness (QED) is 0.0801. The van der Waals surface area contributed by atoms with Gasteiger partial charge in [0.2, 0.25) is 17.7 Å². The lowest BCUT2D eigenvalue weighted by molar-refractivity contribution is -0.134. The number of benzene rings is 4. The number of carboxylic acids is 1. The molecule has 376 valence electrons. The molecule has 0 bridgehead atoms. The molecule has 7 aromatic rings. The van der Waals surface area contributed by atoms with E-state index in [1.165, 1.54) is 11.3 Å². The lowest BCUT2D eigenvalue weighted by Gasteiger charge is -2.33. The molecule has 4 amide bonds. The van der Waals surface area contributed by atoms with E-state index in [9.17, 15) is 29.1 Å². The van der Waals surface area contributed by atoms with Gasteiger partial charge in [-0.25, -0.2) is 14.8 Å². The van der Waals surface area contributed by atoms with Gasteiger partial charge < -0.3 is 20.1 Å². The number of imide groups is 1. The number of likely N-dealkylation sites (tertiary alicyclic amines) is 1. The number of nitrogens with one attached hydrogen (secondary N) is 3. The van der Waals surface area contributed by atoms with E-state index in [1.807, 2.05) is 91.9 Å². The van der Waals surface area contributed by atoms with E-state index < -0.39 is 17.3 Å². The van der Waals surface area contributed by atoms with Gasteiger partial charge in [0.05, 0.1) is 40.5 Å². The number of nitrogens with zero attached hydrogens (tertiary/aromatic N) is 6. The number of ether oxygens (including phenoxy) is 1. The summed E-state index contributed by atoms with van der Waals surface area (Å²) >= 11 is 1.43. The number of rotatable bonds is 13. The summed E-state index contributed by atoms with van der Waals surface area (Å²) in [5.41, 5.74) is 7.88. The van der Waals surface area contributed by atoms with Crippen molar-refractivity contribution < 1.29 is 33.8 Å². The van der Waals surface area contributed by atoms with Crippen molar-refractivity contribution in [1.82, 2.24) is 30.0 Å². The van der Waals surface area contributed by atoms with Gasteiger partial charge in [0.1, 0.15) is 11.6 Å². The topological polar surface area (TPSA) is 201 Å². The number of fused-ring (bicyclic) bond motifs is 3. The molecule has 1 atom stereocenters. The summed E-state index contributed by atoms with van der Waals surface area (Å²) in [6, 6.07) is 26.9. The molecule has 1 unspecified atom stereocenters. The van der Waals surface area contributed by atoms with Crippen LogP contribution in [0.5, 0.6) is 5.75 Å². The zero-order valence-corrected chi connectivity index (χ0v) is 42.5. The molecule has 4 N–H and O–H groups in total. The first-order valence-electron chi connectivity index (χ1n) is 24.9. The number of aromatic carboxylic acids is 1. The fourth-order valence-corrected chi connectivity index (χ4v) is 11.4. The van der Waals surface area contributed by atoms with Gasteiger partial charge in [-0.3, -0.25) is 39.4 Å². The predicted octanol–water partition coefficient (Wildman–Crippen LogP) is 9.00. The van der Waals surface area contributed by atoms with Crippen molar-refractivity contribution in [2.45, 2.75) is 84.1 Å². The van der Waals surface area contributed by atoms with Crippen LogP contribution in [-0.2, 0) is 39.8 Å². The number of carbonyl (C=O) groups excluding carboxylic acids is 4. The minimum atomic E-state index is -1.13. The summed E-state index contributed by atoms with van der Waals surface area (Å²) in [6.07, 6.45) is 4.03. The van der Waals surface area contributed by atoms with Crippen LogP contribution >= 0.6 is 11.3 Å². The second kappa shape index (κ2) is 20.2. The number of carbonyl (C=O) groups is 5. The fourth-order valence-electron chi connectivity index (χ4n) is 10.6. The number of thiazole rings is 1. The molecule has 3 aliphatic rings.